The number of amides is 1. The van der Waals surface area contributed by atoms with Crippen LogP contribution in [0.1, 0.15) is 36.0 Å². The van der Waals surface area contributed by atoms with Crippen molar-refractivity contribution in [3.05, 3.63) is 28.8 Å². The SMILES string of the molecule is COc1ccc(Cl)cc1C(=O)NC1CCCCC1CN(C)C. The molecule has 122 valence electrons. The maximum Gasteiger partial charge on any atom is 0.255 e. The Morgan fingerprint density at radius 1 is 1.36 bits per heavy atom. The zero-order valence-electron chi connectivity index (χ0n) is 13.6. The van der Waals surface area contributed by atoms with Gasteiger partial charge in [0.1, 0.15) is 5.75 Å². The van der Waals surface area contributed by atoms with E-state index in [0.717, 1.165) is 19.4 Å². The van der Waals surface area contributed by atoms with Crippen molar-refractivity contribution >= 4 is 17.5 Å². The second kappa shape index (κ2) is 7.84. The van der Waals surface area contributed by atoms with Crippen molar-refractivity contribution in [2.24, 2.45) is 5.92 Å². The fraction of sp³-hybridized carbons (Fsp3) is 0.588. The van der Waals surface area contributed by atoms with E-state index in [1.165, 1.54) is 12.8 Å². The predicted octanol–water partition coefficient (Wildman–Crippen LogP) is 3.20. The number of methoxy groups -OCH3 is 1. The molecule has 1 aromatic rings. The number of rotatable bonds is 5. The molecule has 4 nitrogen and oxygen atoms in total. The smallest absolute Gasteiger partial charge is 0.255 e. The molecule has 0 heterocycles. The number of halogens is 1. The molecule has 2 rings (SSSR count). The molecular formula is C17H25ClN2O2. The minimum absolute atomic E-state index is 0.102. The first-order valence-corrected chi connectivity index (χ1v) is 8.18. The molecule has 1 fully saturated rings. The Morgan fingerprint density at radius 3 is 2.77 bits per heavy atom. The van der Waals surface area contributed by atoms with Crippen LogP contribution in [-0.4, -0.2) is 44.6 Å². The molecule has 0 bridgehead atoms. The van der Waals surface area contributed by atoms with Crippen LogP contribution >= 0.6 is 11.6 Å². The Balaban J connectivity index is 2.11. The summed E-state index contributed by atoms with van der Waals surface area (Å²) in [5.41, 5.74) is 0.504. The molecule has 1 aliphatic rings. The topological polar surface area (TPSA) is 41.6 Å². The van der Waals surface area contributed by atoms with E-state index in [2.05, 4.69) is 24.3 Å². The van der Waals surface area contributed by atoms with Crippen molar-refractivity contribution in [2.75, 3.05) is 27.7 Å². The fourth-order valence-electron chi connectivity index (χ4n) is 3.19. The average molecular weight is 325 g/mol. The quantitative estimate of drug-likeness (QED) is 0.904. The van der Waals surface area contributed by atoms with Crippen LogP contribution in [0.5, 0.6) is 5.75 Å². The van der Waals surface area contributed by atoms with Crippen LogP contribution < -0.4 is 10.1 Å². The van der Waals surface area contributed by atoms with E-state index in [0.29, 0.717) is 22.3 Å². The van der Waals surface area contributed by atoms with Gasteiger partial charge < -0.3 is 15.0 Å². The van der Waals surface area contributed by atoms with Gasteiger partial charge in [0, 0.05) is 17.6 Å². The van der Waals surface area contributed by atoms with Crippen LogP contribution in [0.4, 0.5) is 0 Å². The first-order valence-electron chi connectivity index (χ1n) is 7.80. The van der Waals surface area contributed by atoms with E-state index >= 15 is 0 Å². The zero-order chi connectivity index (χ0) is 16.1. The molecule has 1 amide bonds. The maximum atomic E-state index is 12.6. The molecule has 22 heavy (non-hydrogen) atoms. The van der Waals surface area contributed by atoms with Gasteiger partial charge in [0.2, 0.25) is 0 Å². The zero-order valence-corrected chi connectivity index (χ0v) is 14.3. The Hall–Kier alpha value is -1.26. The van der Waals surface area contributed by atoms with Crippen LogP contribution in [0, 0.1) is 5.92 Å². The van der Waals surface area contributed by atoms with Gasteiger partial charge in [-0.1, -0.05) is 24.4 Å². The minimum atomic E-state index is -0.102. The first-order chi connectivity index (χ1) is 10.5. The lowest BCUT2D eigenvalue weighted by atomic mass is 9.84. The first kappa shape index (κ1) is 17.1. The van der Waals surface area contributed by atoms with Crippen molar-refractivity contribution in [3.63, 3.8) is 0 Å². The number of ether oxygens (including phenoxy) is 1. The highest BCUT2D eigenvalue weighted by molar-refractivity contribution is 6.31. The number of nitrogens with one attached hydrogen (secondary N) is 1. The van der Waals surface area contributed by atoms with Gasteiger partial charge in [-0.25, -0.2) is 0 Å². The molecule has 0 radical (unpaired) electrons. The van der Waals surface area contributed by atoms with E-state index in [4.69, 9.17) is 16.3 Å². The van der Waals surface area contributed by atoms with Gasteiger partial charge in [-0.15, -0.1) is 0 Å². The highest BCUT2D eigenvalue weighted by Crippen LogP contribution is 2.27. The summed E-state index contributed by atoms with van der Waals surface area (Å²) in [5, 5.41) is 3.73. The van der Waals surface area contributed by atoms with Crippen molar-refractivity contribution in [3.8, 4) is 5.75 Å². The monoisotopic (exact) mass is 324 g/mol. The summed E-state index contributed by atoms with van der Waals surface area (Å²) < 4.78 is 5.27. The maximum absolute atomic E-state index is 12.6. The normalized spacial score (nSPS) is 21.7. The lowest BCUT2D eigenvalue weighted by molar-refractivity contribution is 0.0892. The number of carbonyl (C=O) groups is 1. The fourth-order valence-corrected chi connectivity index (χ4v) is 3.36. The standard InChI is InChI=1S/C17H25ClN2O2/c1-20(2)11-12-6-4-5-7-15(12)19-17(21)14-10-13(18)8-9-16(14)22-3/h8-10,12,15H,4-7,11H2,1-3H3,(H,19,21). The summed E-state index contributed by atoms with van der Waals surface area (Å²) in [4.78, 5) is 14.8. The van der Waals surface area contributed by atoms with Gasteiger partial charge >= 0.3 is 0 Å². The Kier molecular flexibility index (Phi) is 6.09. The van der Waals surface area contributed by atoms with Crippen LogP contribution in [0.15, 0.2) is 18.2 Å². The largest absolute Gasteiger partial charge is 0.496 e. The summed E-state index contributed by atoms with van der Waals surface area (Å²) >= 11 is 6.02. The number of benzene rings is 1. The Labute approximate surface area is 137 Å². The van der Waals surface area contributed by atoms with Gasteiger partial charge in [-0.2, -0.15) is 0 Å². The molecule has 0 aromatic heterocycles. The summed E-state index contributed by atoms with van der Waals surface area (Å²) in [5.74, 6) is 0.953. The Morgan fingerprint density at radius 2 is 2.09 bits per heavy atom. The highest BCUT2D eigenvalue weighted by Gasteiger charge is 2.27. The van der Waals surface area contributed by atoms with Crippen molar-refractivity contribution in [1.82, 2.24) is 10.2 Å². The molecule has 0 saturated heterocycles. The molecule has 1 saturated carbocycles. The lowest BCUT2D eigenvalue weighted by Gasteiger charge is -2.34. The van der Waals surface area contributed by atoms with Crippen molar-refractivity contribution < 1.29 is 9.53 Å². The number of hydrogen-bond acceptors (Lipinski definition) is 3. The average Bonchev–Trinajstić information content (AvgIpc) is 2.48. The van der Waals surface area contributed by atoms with Crippen LogP contribution in [0.25, 0.3) is 0 Å². The summed E-state index contributed by atoms with van der Waals surface area (Å²) in [6.45, 7) is 0.998. The van der Waals surface area contributed by atoms with Gasteiger partial charge in [0.15, 0.2) is 0 Å². The lowest BCUT2D eigenvalue weighted by Crippen LogP contribution is -2.45. The summed E-state index contributed by atoms with van der Waals surface area (Å²) in [6.07, 6.45) is 4.61. The molecule has 0 aliphatic heterocycles. The minimum Gasteiger partial charge on any atom is -0.496 e. The Bertz CT molecular complexity index is 519. The third kappa shape index (κ3) is 4.37. The van der Waals surface area contributed by atoms with Gasteiger partial charge in [-0.05, 0) is 51.1 Å². The van der Waals surface area contributed by atoms with E-state index in [-0.39, 0.29) is 11.9 Å². The second-order valence-electron chi connectivity index (χ2n) is 6.23. The third-order valence-electron chi connectivity index (χ3n) is 4.23. The predicted molar refractivity (Wildman–Crippen MR) is 89.8 cm³/mol. The molecule has 1 aliphatic carbocycles. The third-order valence-corrected chi connectivity index (χ3v) is 4.47. The number of nitrogens with zero attached hydrogens (tertiary/aromatic N) is 1. The van der Waals surface area contributed by atoms with Gasteiger partial charge in [0.25, 0.3) is 5.91 Å². The van der Waals surface area contributed by atoms with E-state index in [1.807, 2.05) is 0 Å². The van der Waals surface area contributed by atoms with E-state index < -0.39 is 0 Å². The number of hydrogen-bond donors (Lipinski definition) is 1. The van der Waals surface area contributed by atoms with E-state index in [9.17, 15) is 4.79 Å². The van der Waals surface area contributed by atoms with Crippen LogP contribution in [-0.2, 0) is 0 Å². The molecule has 5 heteroatoms. The van der Waals surface area contributed by atoms with Crippen molar-refractivity contribution in [1.29, 1.82) is 0 Å². The molecule has 2 unspecified atom stereocenters. The molecule has 1 aromatic carbocycles. The van der Waals surface area contributed by atoms with Gasteiger partial charge in [-0.3, -0.25) is 4.79 Å². The molecule has 2 atom stereocenters. The molecule has 1 N–H and O–H groups in total. The summed E-state index contributed by atoms with van der Waals surface area (Å²) in [7, 11) is 5.72. The molecule has 0 spiro atoms. The van der Waals surface area contributed by atoms with E-state index in [1.54, 1.807) is 25.3 Å². The molecular weight excluding hydrogens is 300 g/mol. The van der Waals surface area contributed by atoms with Crippen molar-refractivity contribution in [2.45, 2.75) is 31.7 Å². The highest BCUT2D eigenvalue weighted by atomic mass is 35.5. The number of carbonyl (C=O) groups excluding carboxylic acids is 1. The van der Waals surface area contributed by atoms with Crippen LogP contribution in [0.3, 0.4) is 0 Å². The van der Waals surface area contributed by atoms with Crippen LogP contribution in [0.2, 0.25) is 5.02 Å². The second-order valence-corrected chi connectivity index (χ2v) is 6.67. The van der Waals surface area contributed by atoms with Gasteiger partial charge in [0.05, 0.1) is 12.7 Å². The summed E-state index contributed by atoms with van der Waals surface area (Å²) in [6, 6.07) is 5.34.